The van der Waals surface area contributed by atoms with Crippen molar-refractivity contribution in [2.45, 2.75) is 46.2 Å². The van der Waals surface area contributed by atoms with Crippen LogP contribution in [0.15, 0.2) is 12.4 Å². The summed E-state index contributed by atoms with van der Waals surface area (Å²) in [5, 5.41) is 3.24. The highest BCUT2D eigenvalue weighted by atomic mass is 15.2. The van der Waals surface area contributed by atoms with Gasteiger partial charge in [0, 0.05) is 19.6 Å². The van der Waals surface area contributed by atoms with Gasteiger partial charge in [0.25, 0.3) is 0 Å². The minimum Gasteiger partial charge on any atom is -0.356 e. The highest BCUT2D eigenvalue weighted by Crippen LogP contribution is 2.13. The van der Waals surface area contributed by atoms with Crippen LogP contribution >= 0.6 is 0 Å². The molecule has 4 heteroatoms. The van der Waals surface area contributed by atoms with Gasteiger partial charge in [0.05, 0.1) is 18.1 Å². The van der Waals surface area contributed by atoms with Crippen LogP contribution in [0.5, 0.6) is 0 Å². The molecule has 4 nitrogen and oxygen atoms in total. The Morgan fingerprint density at radius 1 is 1.29 bits per heavy atom. The summed E-state index contributed by atoms with van der Waals surface area (Å²) >= 11 is 0. The predicted octanol–water partition coefficient (Wildman–Crippen LogP) is 2.21. The molecule has 0 aliphatic carbocycles. The zero-order chi connectivity index (χ0) is 12.7. The van der Waals surface area contributed by atoms with Crippen molar-refractivity contribution in [1.29, 1.82) is 0 Å². The fourth-order valence-electron chi connectivity index (χ4n) is 1.71. The van der Waals surface area contributed by atoms with E-state index in [1.165, 1.54) is 12.8 Å². The van der Waals surface area contributed by atoms with Crippen molar-refractivity contribution >= 4 is 5.82 Å². The largest absolute Gasteiger partial charge is 0.356 e. The number of aromatic nitrogens is 2. The smallest absolute Gasteiger partial charge is 0.147 e. The Hall–Kier alpha value is -1.16. The van der Waals surface area contributed by atoms with E-state index in [2.05, 4.69) is 48.0 Å². The van der Waals surface area contributed by atoms with E-state index in [1.54, 1.807) is 0 Å². The van der Waals surface area contributed by atoms with E-state index in [-0.39, 0.29) is 0 Å². The van der Waals surface area contributed by atoms with Gasteiger partial charge in [-0.25, -0.2) is 4.98 Å². The summed E-state index contributed by atoms with van der Waals surface area (Å²) in [5.41, 5.74) is 0.993. The monoisotopic (exact) mass is 236 g/mol. The Balaban J connectivity index is 2.60. The second-order valence-corrected chi connectivity index (χ2v) is 4.39. The van der Waals surface area contributed by atoms with E-state index in [0.29, 0.717) is 6.04 Å². The standard InChI is InChI=1S/C13H24N4/c1-5-7-11(3)17(4)13-10-15-12(9-16-13)8-14-6-2/h9-11,14H,5-8H2,1-4H3. The highest BCUT2D eigenvalue weighted by Gasteiger charge is 2.10. The summed E-state index contributed by atoms with van der Waals surface area (Å²) in [6, 6.07) is 0.508. The number of rotatable bonds is 7. The molecule has 0 bridgehead atoms. The number of hydrogen-bond acceptors (Lipinski definition) is 4. The van der Waals surface area contributed by atoms with Gasteiger partial charge in [0.1, 0.15) is 5.82 Å². The normalized spacial score (nSPS) is 12.5. The van der Waals surface area contributed by atoms with Gasteiger partial charge in [-0.2, -0.15) is 0 Å². The first-order chi connectivity index (χ1) is 8.19. The van der Waals surface area contributed by atoms with Crippen LogP contribution in [0.2, 0.25) is 0 Å². The molecule has 1 aromatic heterocycles. The average molecular weight is 236 g/mol. The van der Waals surface area contributed by atoms with Crippen LogP contribution in [0.25, 0.3) is 0 Å². The quantitative estimate of drug-likeness (QED) is 0.788. The Labute approximate surface area is 104 Å². The minimum atomic E-state index is 0.508. The van der Waals surface area contributed by atoms with Crippen molar-refractivity contribution in [2.24, 2.45) is 0 Å². The first-order valence-corrected chi connectivity index (χ1v) is 6.43. The van der Waals surface area contributed by atoms with Crippen LogP contribution in [0.4, 0.5) is 5.82 Å². The Bertz CT molecular complexity index is 310. The molecule has 96 valence electrons. The number of nitrogens with zero attached hydrogens (tertiary/aromatic N) is 3. The lowest BCUT2D eigenvalue weighted by Crippen LogP contribution is -2.29. The molecule has 1 heterocycles. The van der Waals surface area contributed by atoms with Crippen molar-refractivity contribution in [2.75, 3.05) is 18.5 Å². The topological polar surface area (TPSA) is 41.1 Å². The fraction of sp³-hybridized carbons (Fsp3) is 0.692. The Morgan fingerprint density at radius 2 is 2.06 bits per heavy atom. The lowest BCUT2D eigenvalue weighted by atomic mass is 10.2. The van der Waals surface area contributed by atoms with Gasteiger partial charge >= 0.3 is 0 Å². The lowest BCUT2D eigenvalue weighted by Gasteiger charge is -2.25. The van der Waals surface area contributed by atoms with Gasteiger partial charge in [0.2, 0.25) is 0 Å². The second kappa shape index (κ2) is 7.22. The lowest BCUT2D eigenvalue weighted by molar-refractivity contribution is 0.609. The van der Waals surface area contributed by atoms with Crippen LogP contribution < -0.4 is 10.2 Å². The van der Waals surface area contributed by atoms with Crippen LogP contribution in [0.3, 0.4) is 0 Å². The van der Waals surface area contributed by atoms with Gasteiger partial charge in [-0.15, -0.1) is 0 Å². The summed E-state index contributed by atoms with van der Waals surface area (Å²) < 4.78 is 0. The van der Waals surface area contributed by atoms with E-state index in [4.69, 9.17) is 0 Å². The third kappa shape index (κ3) is 4.30. The molecule has 1 aromatic rings. The molecule has 0 fully saturated rings. The predicted molar refractivity (Wildman–Crippen MR) is 72.2 cm³/mol. The first kappa shape index (κ1) is 13.9. The molecule has 0 saturated heterocycles. The van der Waals surface area contributed by atoms with Crippen LogP contribution in [-0.4, -0.2) is 29.6 Å². The van der Waals surface area contributed by atoms with Gasteiger partial charge in [-0.05, 0) is 19.9 Å². The van der Waals surface area contributed by atoms with Gasteiger partial charge in [-0.1, -0.05) is 20.3 Å². The summed E-state index contributed by atoms with van der Waals surface area (Å²) in [5.74, 6) is 0.950. The molecular formula is C13H24N4. The van der Waals surface area contributed by atoms with E-state index in [0.717, 1.165) is 24.6 Å². The molecule has 0 aliphatic heterocycles. The van der Waals surface area contributed by atoms with Crippen molar-refractivity contribution < 1.29 is 0 Å². The maximum absolute atomic E-state index is 4.46. The molecule has 0 radical (unpaired) electrons. The molecule has 1 rings (SSSR count). The summed E-state index contributed by atoms with van der Waals surface area (Å²) in [4.78, 5) is 11.1. The average Bonchev–Trinajstić information content (AvgIpc) is 2.36. The van der Waals surface area contributed by atoms with Crippen molar-refractivity contribution in [3.63, 3.8) is 0 Å². The molecule has 1 N–H and O–H groups in total. The minimum absolute atomic E-state index is 0.508. The number of anilines is 1. The number of hydrogen-bond donors (Lipinski definition) is 1. The molecule has 0 amide bonds. The molecule has 0 spiro atoms. The SMILES string of the molecule is CCCC(C)N(C)c1cnc(CNCC)cn1. The molecule has 0 aliphatic rings. The van der Waals surface area contributed by atoms with Crippen molar-refractivity contribution in [1.82, 2.24) is 15.3 Å². The second-order valence-electron chi connectivity index (χ2n) is 4.39. The third-order valence-electron chi connectivity index (χ3n) is 2.98. The Kier molecular flexibility index (Phi) is 5.91. The first-order valence-electron chi connectivity index (χ1n) is 6.43. The maximum Gasteiger partial charge on any atom is 0.147 e. The molecule has 1 unspecified atom stereocenters. The van der Waals surface area contributed by atoms with E-state index in [1.807, 2.05) is 12.4 Å². The van der Waals surface area contributed by atoms with Crippen LogP contribution in [-0.2, 0) is 6.54 Å². The van der Waals surface area contributed by atoms with Gasteiger partial charge in [0.15, 0.2) is 0 Å². The zero-order valence-electron chi connectivity index (χ0n) is 11.4. The summed E-state index contributed by atoms with van der Waals surface area (Å²) in [6.07, 6.45) is 6.08. The molecular weight excluding hydrogens is 212 g/mol. The van der Waals surface area contributed by atoms with E-state index in [9.17, 15) is 0 Å². The van der Waals surface area contributed by atoms with Crippen LogP contribution in [0.1, 0.15) is 39.3 Å². The summed E-state index contributed by atoms with van der Waals surface area (Å²) in [6.45, 7) is 8.25. The van der Waals surface area contributed by atoms with E-state index >= 15 is 0 Å². The highest BCUT2D eigenvalue weighted by molar-refractivity contribution is 5.35. The zero-order valence-corrected chi connectivity index (χ0v) is 11.4. The maximum atomic E-state index is 4.46. The number of nitrogens with one attached hydrogen (secondary N) is 1. The molecule has 0 aromatic carbocycles. The van der Waals surface area contributed by atoms with E-state index < -0.39 is 0 Å². The Morgan fingerprint density at radius 3 is 2.59 bits per heavy atom. The third-order valence-corrected chi connectivity index (χ3v) is 2.98. The molecule has 17 heavy (non-hydrogen) atoms. The van der Waals surface area contributed by atoms with Crippen molar-refractivity contribution in [3.05, 3.63) is 18.1 Å². The summed E-state index contributed by atoms with van der Waals surface area (Å²) in [7, 11) is 2.08. The van der Waals surface area contributed by atoms with Crippen molar-refractivity contribution in [3.8, 4) is 0 Å². The fourth-order valence-corrected chi connectivity index (χ4v) is 1.71. The van der Waals surface area contributed by atoms with Crippen LogP contribution in [0, 0.1) is 0 Å². The molecule has 0 saturated carbocycles. The van der Waals surface area contributed by atoms with Gasteiger partial charge in [-0.3, -0.25) is 4.98 Å². The molecule has 1 atom stereocenters. The van der Waals surface area contributed by atoms with Gasteiger partial charge < -0.3 is 10.2 Å².